The lowest BCUT2D eigenvalue weighted by Gasteiger charge is -2.06. The number of unbranched alkanes of at least 4 members (excludes halogenated alkanes) is 12. The summed E-state index contributed by atoms with van der Waals surface area (Å²) in [5, 5.41) is 0. The van der Waals surface area contributed by atoms with Gasteiger partial charge in [0.05, 0.1) is 0 Å². The van der Waals surface area contributed by atoms with Crippen molar-refractivity contribution in [3.8, 4) is 0 Å². The lowest BCUT2D eigenvalue weighted by atomic mass is 10.0. The summed E-state index contributed by atoms with van der Waals surface area (Å²) in [6.45, 7) is 4.57. The van der Waals surface area contributed by atoms with Crippen LogP contribution in [0.2, 0.25) is 0 Å². The first-order chi connectivity index (χ1) is 11.9. The molecule has 0 saturated carbocycles. The average molecular weight is 331 g/mol. The van der Waals surface area contributed by atoms with Gasteiger partial charge in [-0.25, -0.2) is 0 Å². The maximum atomic E-state index is 2.44. The lowest BCUT2D eigenvalue weighted by Crippen LogP contribution is -1.90. The average Bonchev–Trinajstić information content (AvgIpc) is 2.61. The van der Waals surface area contributed by atoms with E-state index in [0.717, 1.165) is 0 Å². The first-order valence-corrected chi connectivity index (χ1v) is 10.9. The van der Waals surface area contributed by atoms with Crippen molar-refractivity contribution in [1.29, 1.82) is 0 Å². The highest BCUT2D eigenvalue weighted by atomic mass is 14.0. The first-order valence-electron chi connectivity index (χ1n) is 10.9. The van der Waals surface area contributed by atoms with E-state index in [1.54, 1.807) is 5.56 Å². The maximum absolute atomic E-state index is 2.44. The van der Waals surface area contributed by atoms with Crippen molar-refractivity contribution in [3.05, 3.63) is 35.4 Å². The largest absolute Gasteiger partial charge is 0.0654 e. The van der Waals surface area contributed by atoms with Gasteiger partial charge >= 0.3 is 0 Å². The maximum Gasteiger partial charge on any atom is -0.0279 e. The Morgan fingerprint density at radius 3 is 1.42 bits per heavy atom. The molecule has 0 aromatic heterocycles. The van der Waals surface area contributed by atoms with E-state index in [-0.39, 0.29) is 0 Å². The van der Waals surface area contributed by atoms with Gasteiger partial charge in [-0.3, -0.25) is 0 Å². The summed E-state index contributed by atoms with van der Waals surface area (Å²) in [4.78, 5) is 0. The highest BCUT2D eigenvalue weighted by Crippen LogP contribution is 2.14. The van der Waals surface area contributed by atoms with Crippen molar-refractivity contribution < 1.29 is 0 Å². The fourth-order valence-electron chi connectivity index (χ4n) is 3.49. The summed E-state index contributed by atoms with van der Waals surface area (Å²) in [5.74, 6) is 0. The van der Waals surface area contributed by atoms with Crippen LogP contribution in [-0.2, 0) is 12.8 Å². The Balaban J connectivity index is 1.93. The topological polar surface area (TPSA) is 0 Å². The fourth-order valence-corrected chi connectivity index (χ4v) is 3.49. The molecule has 0 spiro atoms. The van der Waals surface area contributed by atoms with Crippen molar-refractivity contribution >= 4 is 0 Å². The zero-order valence-electron chi connectivity index (χ0n) is 16.6. The molecule has 0 aliphatic carbocycles. The van der Waals surface area contributed by atoms with E-state index in [4.69, 9.17) is 0 Å². The molecule has 0 nitrogen and oxygen atoms in total. The Labute approximate surface area is 152 Å². The van der Waals surface area contributed by atoms with Crippen LogP contribution in [0.4, 0.5) is 0 Å². The molecule has 1 rings (SSSR count). The van der Waals surface area contributed by atoms with E-state index >= 15 is 0 Å². The lowest BCUT2D eigenvalue weighted by molar-refractivity contribution is 0.544. The van der Waals surface area contributed by atoms with Crippen LogP contribution >= 0.6 is 0 Å². The summed E-state index contributed by atoms with van der Waals surface area (Å²) in [6.07, 6.45) is 22.4. The Hall–Kier alpha value is -0.780. The van der Waals surface area contributed by atoms with Crippen LogP contribution in [0.1, 0.15) is 115 Å². The second kappa shape index (κ2) is 15.7. The molecule has 1 aromatic carbocycles. The normalized spacial score (nSPS) is 11.1. The van der Waals surface area contributed by atoms with Crippen molar-refractivity contribution in [2.24, 2.45) is 0 Å². The minimum absolute atomic E-state index is 1.25. The Bertz CT molecular complexity index is 379. The zero-order valence-corrected chi connectivity index (χ0v) is 16.6. The van der Waals surface area contributed by atoms with E-state index in [9.17, 15) is 0 Å². The Morgan fingerprint density at radius 1 is 0.500 bits per heavy atom. The second-order valence-corrected chi connectivity index (χ2v) is 7.56. The molecule has 0 aliphatic heterocycles. The fraction of sp³-hybridized carbons (Fsp3) is 0.750. The Morgan fingerprint density at radius 2 is 0.917 bits per heavy atom. The van der Waals surface area contributed by atoms with Crippen LogP contribution < -0.4 is 0 Å². The van der Waals surface area contributed by atoms with Gasteiger partial charge in [0.1, 0.15) is 0 Å². The summed E-state index contributed by atoms with van der Waals surface area (Å²) in [7, 11) is 0. The smallest absolute Gasteiger partial charge is 0.0279 e. The van der Waals surface area contributed by atoms with Gasteiger partial charge in [0.2, 0.25) is 0 Å². The summed E-state index contributed by atoms with van der Waals surface area (Å²) in [6, 6.07) is 9.30. The van der Waals surface area contributed by atoms with E-state index < -0.39 is 0 Å². The molecule has 0 N–H and O–H groups in total. The first kappa shape index (κ1) is 21.3. The van der Waals surface area contributed by atoms with E-state index in [2.05, 4.69) is 38.1 Å². The van der Waals surface area contributed by atoms with Gasteiger partial charge in [0.15, 0.2) is 0 Å². The zero-order chi connectivity index (χ0) is 17.3. The molecule has 0 aliphatic rings. The number of hydrogen-bond donors (Lipinski definition) is 0. The number of rotatable bonds is 16. The SMILES string of the molecule is CCCCCCCCCCCCCCc1cccc(CCCC)c1. The molecule has 0 radical (unpaired) electrons. The summed E-state index contributed by atoms with van der Waals surface area (Å²) in [5.41, 5.74) is 3.09. The molecule has 1 aromatic rings. The molecule has 0 atom stereocenters. The Kier molecular flexibility index (Phi) is 13.9. The van der Waals surface area contributed by atoms with Gasteiger partial charge in [-0.2, -0.15) is 0 Å². The van der Waals surface area contributed by atoms with Crippen molar-refractivity contribution in [2.75, 3.05) is 0 Å². The van der Waals surface area contributed by atoms with E-state index in [0.29, 0.717) is 0 Å². The van der Waals surface area contributed by atoms with Crippen LogP contribution in [0.3, 0.4) is 0 Å². The van der Waals surface area contributed by atoms with E-state index in [1.807, 2.05) is 0 Å². The predicted octanol–water partition coefficient (Wildman–Crippen LogP) is 8.27. The number of hydrogen-bond acceptors (Lipinski definition) is 0. The molecule has 138 valence electrons. The van der Waals surface area contributed by atoms with E-state index in [1.165, 1.54) is 108 Å². The van der Waals surface area contributed by atoms with Crippen molar-refractivity contribution in [3.63, 3.8) is 0 Å². The third-order valence-corrected chi connectivity index (χ3v) is 5.13. The van der Waals surface area contributed by atoms with Gasteiger partial charge in [-0.05, 0) is 36.8 Å². The third kappa shape index (κ3) is 11.7. The molecule has 0 amide bonds. The molecule has 24 heavy (non-hydrogen) atoms. The van der Waals surface area contributed by atoms with Crippen molar-refractivity contribution in [1.82, 2.24) is 0 Å². The van der Waals surface area contributed by atoms with Crippen LogP contribution in [0.25, 0.3) is 0 Å². The molecule has 0 unspecified atom stereocenters. The van der Waals surface area contributed by atoms with Gasteiger partial charge in [-0.15, -0.1) is 0 Å². The molecule has 0 heterocycles. The summed E-state index contributed by atoms with van der Waals surface area (Å²) >= 11 is 0. The molecule has 0 saturated heterocycles. The van der Waals surface area contributed by atoms with Crippen LogP contribution in [0.5, 0.6) is 0 Å². The second-order valence-electron chi connectivity index (χ2n) is 7.56. The number of benzene rings is 1. The predicted molar refractivity (Wildman–Crippen MR) is 110 cm³/mol. The molecular formula is C24H42. The van der Waals surface area contributed by atoms with Gasteiger partial charge < -0.3 is 0 Å². The van der Waals surface area contributed by atoms with Crippen LogP contribution in [0, 0.1) is 0 Å². The summed E-state index contributed by atoms with van der Waals surface area (Å²) < 4.78 is 0. The molecule has 0 fully saturated rings. The third-order valence-electron chi connectivity index (χ3n) is 5.13. The molecule has 0 bridgehead atoms. The van der Waals surface area contributed by atoms with Gasteiger partial charge in [-0.1, -0.05) is 115 Å². The minimum atomic E-state index is 1.25. The quantitative estimate of drug-likeness (QED) is 0.267. The van der Waals surface area contributed by atoms with Crippen LogP contribution in [0.15, 0.2) is 24.3 Å². The van der Waals surface area contributed by atoms with Gasteiger partial charge in [0.25, 0.3) is 0 Å². The van der Waals surface area contributed by atoms with Crippen molar-refractivity contribution in [2.45, 2.75) is 117 Å². The monoisotopic (exact) mass is 330 g/mol. The highest BCUT2D eigenvalue weighted by Gasteiger charge is 1.98. The molecular weight excluding hydrogens is 288 g/mol. The minimum Gasteiger partial charge on any atom is -0.0654 e. The standard InChI is InChI=1S/C24H42/c1-3-5-7-8-9-10-11-12-13-14-15-16-19-24-21-17-20-23(22-24)18-6-4-2/h17,20-22H,3-16,18-19H2,1-2H3. The van der Waals surface area contributed by atoms with Crippen LogP contribution in [-0.4, -0.2) is 0 Å². The highest BCUT2D eigenvalue weighted by molar-refractivity contribution is 5.23. The number of aryl methyl sites for hydroxylation is 2. The molecule has 0 heteroatoms. The van der Waals surface area contributed by atoms with Gasteiger partial charge in [0, 0.05) is 0 Å².